The summed E-state index contributed by atoms with van der Waals surface area (Å²) in [5, 5.41) is 26.6. The Morgan fingerprint density at radius 1 is 0.724 bits per heavy atom. The summed E-state index contributed by atoms with van der Waals surface area (Å²) >= 11 is 0. The Hall–Kier alpha value is -7.56. The molecule has 0 saturated carbocycles. The summed E-state index contributed by atoms with van der Waals surface area (Å²) < 4.78 is 13.4. The average molecular weight is 783 g/mol. The topological polar surface area (TPSA) is 219 Å². The number of hydroxylamine groups is 1. The first-order chi connectivity index (χ1) is 28.0. The maximum absolute atomic E-state index is 14.1. The van der Waals surface area contributed by atoms with Crippen LogP contribution in [0.2, 0.25) is 0 Å². The molecule has 17 nitrogen and oxygen atoms in total. The molecule has 4 heterocycles. The lowest BCUT2D eigenvalue weighted by molar-refractivity contribution is -0.480. The third-order valence-electron chi connectivity index (χ3n) is 10.5. The summed E-state index contributed by atoms with van der Waals surface area (Å²) in [5.74, 6) is -1.20. The molecule has 0 radical (unpaired) electrons. The number of anilines is 1. The van der Waals surface area contributed by atoms with Gasteiger partial charge in [0.1, 0.15) is 28.6 Å². The van der Waals surface area contributed by atoms with Gasteiger partial charge in [0, 0.05) is 53.2 Å². The smallest absolute Gasteiger partial charge is 0.277 e. The number of methoxy groups -OCH3 is 2. The van der Waals surface area contributed by atoms with Crippen molar-refractivity contribution in [2.75, 3.05) is 32.2 Å². The van der Waals surface area contributed by atoms with Crippen molar-refractivity contribution in [3.63, 3.8) is 0 Å². The SMILES string of the molecule is COc1ccc(-n2nc(C(N)=O)c3c2C(=O)N(C2=CC=C([N+]([O-])=Nc4ccc(N5CCc6c(C(N)=O)nn(-c7ccc(OC)cc7)c6C5=O)cc4)C(C)C2)CC3)cc1. The summed E-state index contributed by atoms with van der Waals surface area (Å²) in [5.41, 5.74) is 16.0. The van der Waals surface area contributed by atoms with Crippen LogP contribution in [0.1, 0.15) is 66.4 Å². The molecule has 4 amide bonds. The Bertz CT molecular complexity index is 2590. The Balaban J connectivity index is 1.01. The number of nitrogens with two attached hydrogens (primary N) is 2. The van der Waals surface area contributed by atoms with Gasteiger partial charge in [-0.25, -0.2) is 9.36 Å². The number of nitrogens with zero attached hydrogens (tertiary/aromatic N) is 8. The molecule has 1 atom stereocenters. The van der Waals surface area contributed by atoms with Gasteiger partial charge in [0.05, 0.1) is 31.5 Å². The summed E-state index contributed by atoms with van der Waals surface area (Å²) in [6.45, 7) is 2.46. The fraction of sp³-hybridized carbons (Fsp3) is 0.220. The number of ether oxygens (including phenoxy) is 2. The van der Waals surface area contributed by atoms with Gasteiger partial charge < -0.3 is 35.9 Å². The van der Waals surface area contributed by atoms with Crippen LogP contribution < -0.4 is 25.8 Å². The number of carbonyl (C=O) groups excluding carboxylic acids is 4. The van der Waals surface area contributed by atoms with Crippen LogP contribution in [0.25, 0.3) is 11.4 Å². The first kappa shape index (κ1) is 37.4. The Labute approximate surface area is 331 Å². The molecular weight excluding hydrogens is 745 g/mol. The van der Waals surface area contributed by atoms with Crippen LogP contribution in [0.4, 0.5) is 11.4 Å². The molecule has 3 aliphatic rings. The molecule has 8 rings (SSSR count). The monoisotopic (exact) mass is 782 g/mol. The molecule has 2 aliphatic heterocycles. The van der Waals surface area contributed by atoms with Crippen LogP contribution in [0.5, 0.6) is 11.5 Å². The molecule has 0 bridgehead atoms. The highest BCUT2D eigenvalue weighted by atomic mass is 16.5. The zero-order chi connectivity index (χ0) is 40.8. The molecule has 1 unspecified atom stereocenters. The minimum atomic E-state index is -0.723. The van der Waals surface area contributed by atoms with Gasteiger partial charge in [0.25, 0.3) is 23.6 Å². The summed E-state index contributed by atoms with van der Waals surface area (Å²) in [6, 6.07) is 20.6. The molecule has 58 heavy (non-hydrogen) atoms. The van der Waals surface area contributed by atoms with E-state index < -0.39 is 11.8 Å². The quantitative estimate of drug-likeness (QED) is 0.115. The molecule has 0 spiro atoms. The number of hydrogen-bond acceptors (Lipinski definition) is 10. The van der Waals surface area contributed by atoms with Crippen molar-refractivity contribution in [1.29, 1.82) is 0 Å². The molecule has 3 aromatic carbocycles. The second kappa shape index (κ2) is 14.8. The maximum atomic E-state index is 14.1. The lowest BCUT2D eigenvalue weighted by atomic mass is 9.94. The van der Waals surface area contributed by atoms with Gasteiger partial charge in [-0.1, -0.05) is 11.8 Å². The van der Waals surface area contributed by atoms with Gasteiger partial charge in [0.2, 0.25) is 5.70 Å². The predicted octanol–water partition coefficient (Wildman–Crippen LogP) is 4.58. The molecule has 294 valence electrons. The van der Waals surface area contributed by atoms with Gasteiger partial charge in [-0.3, -0.25) is 19.2 Å². The highest BCUT2D eigenvalue weighted by Gasteiger charge is 2.38. The molecule has 5 aromatic rings. The minimum absolute atomic E-state index is 0.0457. The molecule has 0 saturated heterocycles. The van der Waals surface area contributed by atoms with Crippen LogP contribution in [-0.2, 0) is 12.8 Å². The van der Waals surface area contributed by atoms with E-state index in [1.807, 2.05) is 6.92 Å². The van der Waals surface area contributed by atoms with Gasteiger partial charge >= 0.3 is 0 Å². The highest BCUT2D eigenvalue weighted by Crippen LogP contribution is 2.35. The fourth-order valence-corrected chi connectivity index (χ4v) is 7.60. The van der Waals surface area contributed by atoms with E-state index in [4.69, 9.17) is 20.9 Å². The van der Waals surface area contributed by atoms with Gasteiger partial charge in [-0.2, -0.15) is 10.2 Å². The highest BCUT2D eigenvalue weighted by molar-refractivity contribution is 6.09. The Morgan fingerprint density at radius 3 is 1.66 bits per heavy atom. The molecule has 1 aliphatic carbocycles. The predicted molar refractivity (Wildman–Crippen MR) is 209 cm³/mol. The number of allylic oxidation sites excluding steroid dienone is 4. The summed E-state index contributed by atoms with van der Waals surface area (Å²) in [7, 11) is 3.10. The molecular formula is C41H38N10O7. The zero-order valence-electron chi connectivity index (χ0n) is 31.8. The number of azo groups is 1. The van der Waals surface area contributed by atoms with Crippen molar-refractivity contribution >= 4 is 35.0 Å². The fourth-order valence-electron chi connectivity index (χ4n) is 7.60. The van der Waals surface area contributed by atoms with E-state index in [1.54, 1.807) is 109 Å². The van der Waals surface area contributed by atoms with E-state index in [9.17, 15) is 24.4 Å². The number of carbonyl (C=O) groups is 4. The van der Waals surface area contributed by atoms with E-state index >= 15 is 0 Å². The van der Waals surface area contributed by atoms with Gasteiger partial charge in [0.15, 0.2) is 11.4 Å². The summed E-state index contributed by atoms with van der Waals surface area (Å²) in [6.07, 6.45) is 4.48. The number of fused-ring (bicyclic) bond motifs is 2. The lowest BCUT2D eigenvalue weighted by Crippen LogP contribution is -2.39. The first-order valence-electron chi connectivity index (χ1n) is 18.4. The number of primary amides is 2. The molecule has 4 N–H and O–H groups in total. The summed E-state index contributed by atoms with van der Waals surface area (Å²) in [4.78, 5) is 56.4. The van der Waals surface area contributed by atoms with Crippen molar-refractivity contribution in [1.82, 2.24) is 24.5 Å². The Morgan fingerprint density at radius 2 is 1.19 bits per heavy atom. The molecule has 2 aromatic heterocycles. The number of rotatable bonds is 10. The van der Waals surface area contributed by atoms with Gasteiger partial charge in [-0.05, 0) is 91.7 Å². The van der Waals surface area contributed by atoms with Crippen LogP contribution in [-0.4, -0.2) is 80.3 Å². The zero-order valence-corrected chi connectivity index (χ0v) is 31.8. The second-order valence-electron chi connectivity index (χ2n) is 14.0. The first-order valence-corrected chi connectivity index (χ1v) is 18.4. The number of hydrogen-bond donors (Lipinski definition) is 2. The molecule has 0 fully saturated rings. The van der Waals surface area contributed by atoms with Crippen molar-refractivity contribution < 1.29 is 33.5 Å². The second-order valence-corrected chi connectivity index (χ2v) is 14.0. The lowest BCUT2D eigenvalue weighted by Gasteiger charge is -2.32. The third kappa shape index (κ3) is 6.51. The molecule has 17 heteroatoms. The number of aromatic nitrogens is 4. The van der Waals surface area contributed by atoms with Crippen molar-refractivity contribution in [2.24, 2.45) is 22.5 Å². The normalized spacial score (nSPS) is 16.7. The van der Waals surface area contributed by atoms with Crippen molar-refractivity contribution in [3.05, 3.63) is 135 Å². The van der Waals surface area contributed by atoms with Crippen LogP contribution in [0.3, 0.4) is 0 Å². The van der Waals surface area contributed by atoms with E-state index in [1.165, 1.54) is 9.36 Å². The van der Waals surface area contributed by atoms with Crippen LogP contribution in [0.15, 0.2) is 101 Å². The Kier molecular flexibility index (Phi) is 9.56. The largest absolute Gasteiger partial charge is 0.594 e. The number of amides is 4. The van der Waals surface area contributed by atoms with Crippen molar-refractivity contribution in [3.8, 4) is 22.9 Å². The van der Waals surface area contributed by atoms with E-state index in [2.05, 4.69) is 15.3 Å². The van der Waals surface area contributed by atoms with E-state index in [0.717, 1.165) is 0 Å². The van der Waals surface area contributed by atoms with Crippen LogP contribution >= 0.6 is 0 Å². The van der Waals surface area contributed by atoms with Gasteiger partial charge in [-0.15, -0.1) is 0 Å². The minimum Gasteiger partial charge on any atom is -0.594 e. The third-order valence-corrected chi connectivity index (χ3v) is 10.5. The van der Waals surface area contributed by atoms with E-state index in [0.29, 0.717) is 87.4 Å². The maximum Gasteiger partial charge on any atom is 0.277 e. The average Bonchev–Trinajstić information content (AvgIpc) is 3.83. The van der Waals surface area contributed by atoms with Crippen LogP contribution in [0, 0.1) is 11.1 Å². The standard InChI is InChI=1S/C41H38N10O7/c1-23-22-28(48-21-19-32-35(39(43)53)46-50(37(32)41(48)55)27-10-15-30(58-3)16-11-27)12-17-33(23)51(56)44-24-4-6-25(7-5-24)47-20-18-31-34(38(42)52)45-49(36(31)40(47)54)26-8-13-29(57-2)14-9-26/h4-17,23H,18-22H2,1-3H3,(H2,42,52)(H2,43,53). The van der Waals surface area contributed by atoms with Crippen molar-refractivity contribution in [2.45, 2.75) is 26.2 Å². The number of benzene rings is 3. The van der Waals surface area contributed by atoms with E-state index in [-0.39, 0.29) is 47.1 Å².